The van der Waals surface area contributed by atoms with E-state index in [0.29, 0.717) is 11.4 Å². The van der Waals surface area contributed by atoms with E-state index < -0.39 is 0 Å². The van der Waals surface area contributed by atoms with Gasteiger partial charge in [0.15, 0.2) is 12.4 Å². The van der Waals surface area contributed by atoms with E-state index in [1.165, 1.54) is 0 Å². The Morgan fingerprint density at radius 1 is 0.676 bits per heavy atom. The summed E-state index contributed by atoms with van der Waals surface area (Å²) < 4.78 is 7.41. The number of hydrogen-bond donors (Lipinski definition) is 1. The fraction of sp³-hybridized carbons (Fsp3) is 0.0345. The smallest absolute Gasteiger partial charge is 0.276 e. The summed E-state index contributed by atoms with van der Waals surface area (Å²) in [5.41, 5.74) is 5.56. The molecule has 0 fully saturated rings. The first-order valence-electron chi connectivity index (χ1n) is 11.0. The van der Waals surface area contributed by atoms with Gasteiger partial charge in [0.05, 0.1) is 0 Å². The predicted octanol–water partition coefficient (Wildman–Crippen LogP) is 6.51. The SMILES string of the molecule is O=C(Nc1ccc(-c2ccccc2)cc1)c1ccn(COc2ccc(-c3ccccc3)cc2)n1. The second-order valence-electron chi connectivity index (χ2n) is 7.80. The summed E-state index contributed by atoms with van der Waals surface area (Å²) in [7, 11) is 0. The van der Waals surface area contributed by atoms with Crippen LogP contribution in [0, 0.1) is 0 Å². The Morgan fingerprint density at radius 2 is 1.21 bits per heavy atom. The Kier molecular flexibility index (Phi) is 6.16. The Labute approximate surface area is 198 Å². The van der Waals surface area contributed by atoms with Gasteiger partial charge in [-0.15, -0.1) is 0 Å². The van der Waals surface area contributed by atoms with E-state index in [2.05, 4.69) is 34.7 Å². The molecule has 4 aromatic carbocycles. The van der Waals surface area contributed by atoms with E-state index >= 15 is 0 Å². The molecule has 0 aliphatic heterocycles. The topological polar surface area (TPSA) is 56.2 Å². The normalized spacial score (nSPS) is 10.6. The number of aromatic nitrogens is 2. The van der Waals surface area contributed by atoms with E-state index in [-0.39, 0.29) is 12.6 Å². The highest BCUT2D eigenvalue weighted by Crippen LogP contribution is 2.23. The van der Waals surface area contributed by atoms with E-state index in [9.17, 15) is 4.79 Å². The Morgan fingerprint density at radius 3 is 1.79 bits per heavy atom. The Balaban J connectivity index is 1.16. The first-order chi connectivity index (χ1) is 16.7. The fourth-order valence-electron chi connectivity index (χ4n) is 3.64. The van der Waals surface area contributed by atoms with E-state index in [0.717, 1.165) is 28.0 Å². The van der Waals surface area contributed by atoms with Gasteiger partial charge in [0, 0.05) is 11.9 Å². The molecular weight excluding hydrogens is 422 g/mol. The van der Waals surface area contributed by atoms with Crippen LogP contribution < -0.4 is 10.1 Å². The van der Waals surface area contributed by atoms with Gasteiger partial charge in [0.25, 0.3) is 5.91 Å². The predicted molar refractivity (Wildman–Crippen MR) is 135 cm³/mol. The molecule has 1 amide bonds. The van der Waals surface area contributed by atoms with Crippen molar-refractivity contribution in [2.24, 2.45) is 0 Å². The highest BCUT2D eigenvalue weighted by atomic mass is 16.5. The molecule has 5 nitrogen and oxygen atoms in total. The van der Waals surface area contributed by atoms with Crippen LogP contribution in [0.1, 0.15) is 10.5 Å². The third-order valence-corrected chi connectivity index (χ3v) is 5.45. The molecule has 0 saturated carbocycles. The average molecular weight is 446 g/mol. The van der Waals surface area contributed by atoms with Crippen molar-refractivity contribution < 1.29 is 9.53 Å². The number of ether oxygens (including phenoxy) is 1. The van der Waals surface area contributed by atoms with Gasteiger partial charge in [-0.05, 0) is 52.6 Å². The largest absolute Gasteiger partial charge is 0.471 e. The summed E-state index contributed by atoms with van der Waals surface area (Å²) in [5.74, 6) is 0.470. The van der Waals surface area contributed by atoms with Crippen molar-refractivity contribution in [2.45, 2.75) is 6.73 Å². The van der Waals surface area contributed by atoms with Gasteiger partial charge >= 0.3 is 0 Å². The molecule has 5 heteroatoms. The summed E-state index contributed by atoms with van der Waals surface area (Å²) in [6, 6.07) is 37.6. The summed E-state index contributed by atoms with van der Waals surface area (Å²) in [6.45, 7) is 0.212. The summed E-state index contributed by atoms with van der Waals surface area (Å²) in [6.07, 6.45) is 1.73. The van der Waals surface area contributed by atoms with Crippen molar-refractivity contribution in [3.8, 4) is 28.0 Å². The molecule has 34 heavy (non-hydrogen) atoms. The van der Waals surface area contributed by atoms with Crippen molar-refractivity contribution in [2.75, 3.05) is 5.32 Å². The van der Waals surface area contributed by atoms with Crippen LogP contribution in [0.25, 0.3) is 22.3 Å². The standard InChI is InChI=1S/C29H23N3O2/c33-29(30-26-15-11-24(12-16-26)22-7-3-1-4-8-22)28-19-20-32(31-28)21-34-27-17-13-25(14-18-27)23-9-5-2-6-10-23/h1-20H,21H2,(H,30,33). The highest BCUT2D eigenvalue weighted by molar-refractivity contribution is 6.02. The van der Waals surface area contributed by atoms with Gasteiger partial charge in [-0.1, -0.05) is 84.9 Å². The first kappa shape index (κ1) is 21.2. The molecule has 0 bridgehead atoms. The minimum atomic E-state index is -0.265. The molecule has 0 aliphatic carbocycles. The van der Waals surface area contributed by atoms with Crippen LogP contribution in [0.2, 0.25) is 0 Å². The van der Waals surface area contributed by atoms with Crippen LogP contribution in [0.15, 0.2) is 121 Å². The molecule has 1 aromatic heterocycles. The van der Waals surface area contributed by atoms with Gasteiger partial charge in [0.2, 0.25) is 0 Å². The molecule has 0 saturated heterocycles. The molecular formula is C29H23N3O2. The zero-order valence-corrected chi connectivity index (χ0v) is 18.5. The van der Waals surface area contributed by atoms with Crippen LogP contribution in [-0.2, 0) is 6.73 Å². The maximum Gasteiger partial charge on any atom is 0.276 e. The average Bonchev–Trinajstić information content (AvgIpc) is 3.39. The number of amides is 1. The number of benzene rings is 4. The molecule has 5 rings (SSSR count). The van der Waals surface area contributed by atoms with Crippen molar-refractivity contribution in [1.82, 2.24) is 9.78 Å². The number of rotatable bonds is 7. The van der Waals surface area contributed by atoms with E-state index in [1.54, 1.807) is 16.9 Å². The van der Waals surface area contributed by atoms with Gasteiger partial charge in [-0.2, -0.15) is 5.10 Å². The molecule has 166 valence electrons. The van der Waals surface area contributed by atoms with Crippen molar-refractivity contribution in [3.63, 3.8) is 0 Å². The lowest BCUT2D eigenvalue weighted by Crippen LogP contribution is -2.14. The number of carbonyl (C=O) groups excluding carboxylic acids is 1. The summed E-state index contributed by atoms with van der Waals surface area (Å²) in [4.78, 5) is 12.6. The van der Waals surface area contributed by atoms with Crippen molar-refractivity contribution in [3.05, 3.63) is 127 Å². The molecule has 0 unspecified atom stereocenters. The Hall–Kier alpha value is -4.64. The molecule has 0 atom stereocenters. The van der Waals surface area contributed by atoms with E-state index in [1.807, 2.05) is 84.9 Å². The first-order valence-corrected chi connectivity index (χ1v) is 11.0. The lowest BCUT2D eigenvalue weighted by molar-refractivity contribution is 0.102. The monoisotopic (exact) mass is 445 g/mol. The molecule has 0 radical (unpaired) electrons. The van der Waals surface area contributed by atoms with Crippen LogP contribution in [0.4, 0.5) is 5.69 Å². The van der Waals surface area contributed by atoms with Gasteiger partial charge in [-0.3, -0.25) is 4.79 Å². The third-order valence-electron chi connectivity index (χ3n) is 5.45. The van der Waals surface area contributed by atoms with Crippen LogP contribution in [0.3, 0.4) is 0 Å². The van der Waals surface area contributed by atoms with Crippen LogP contribution in [0.5, 0.6) is 5.75 Å². The lowest BCUT2D eigenvalue weighted by Gasteiger charge is -2.08. The fourth-order valence-corrected chi connectivity index (χ4v) is 3.64. The van der Waals surface area contributed by atoms with Crippen LogP contribution >= 0.6 is 0 Å². The zero-order valence-electron chi connectivity index (χ0n) is 18.5. The minimum Gasteiger partial charge on any atom is -0.471 e. The molecule has 1 N–H and O–H groups in total. The second kappa shape index (κ2) is 9.88. The summed E-state index contributed by atoms with van der Waals surface area (Å²) in [5, 5.41) is 7.22. The number of nitrogens with one attached hydrogen (secondary N) is 1. The minimum absolute atomic E-state index is 0.212. The number of hydrogen-bond acceptors (Lipinski definition) is 3. The van der Waals surface area contributed by atoms with Crippen molar-refractivity contribution in [1.29, 1.82) is 0 Å². The Bertz CT molecular complexity index is 1360. The lowest BCUT2D eigenvalue weighted by atomic mass is 10.1. The second-order valence-corrected chi connectivity index (χ2v) is 7.80. The highest BCUT2D eigenvalue weighted by Gasteiger charge is 2.10. The van der Waals surface area contributed by atoms with Crippen LogP contribution in [-0.4, -0.2) is 15.7 Å². The maximum atomic E-state index is 12.6. The molecule has 1 heterocycles. The van der Waals surface area contributed by atoms with Gasteiger partial charge in [-0.25, -0.2) is 4.68 Å². The third kappa shape index (κ3) is 5.05. The number of carbonyl (C=O) groups is 1. The van der Waals surface area contributed by atoms with Crippen molar-refractivity contribution >= 4 is 11.6 Å². The quantitative estimate of drug-likeness (QED) is 0.311. The molecule has 5 aromatic rings. The maximum absolute atomic E-state index is 12.6. The number of nitrogens with zero attached hydrogens (tertiary/aromatic N) is 2. The molecule has 0 aliphatic rings. The number of anilines is 1. The zero-order chi connectivity index (χ0) is 23.2. The molecule has 0 spiro atoms. The van der Waals surface area contributed by atoms with Gasteiger partial charge < -0.3 is 10.1 Å². The van der Waals surface area contributed by atoms with E-state index in [4.69, 9.17) is 4.74 Å². The van der Waals surface area contributed by atoms with Gasteiger partial charge in [0.1, 0.15) is 5.75 Å². The summed E-state index contributed by atoms with van der Waals surface area (Å²) >= 11 is 0.